The molecule has 0 aromatic carbocycles. The van der Waals surface area contributed by atoms with Gasteiger partial charge in [0, 0.05) is 11.4 Å². The highest BCUT2D eigenvalue weighted by atomic mass is 32.2. The number of rotatable bonds is 1. The minimum atomic E-state index is 0.446. The fourth-order valence-electron chi connectivity index (χ4n) is 1.79. The van der Waals surface area contributed by atoms with Crippen LogP contribution in [0.4, 0.5) is 0 Å². The number of hydrogen-bond donors (Lipinski definition) is 1. The normalized spacial score (nSPS) is 16.1. The van der Waals surface area contributed by atoms with Crippen molar-refractivity contribution >= 4 is 11.8 Å². The summed E-state index contributed by atoms with van der Waals surface area (Å²) in [7, 11) is 0. The van der Waals surface area contributed by atoms with Crippen LogP contribution in [0.5, 0.6) is 0 Å². The van der Waals surface area contributed by atoms with E-state index in [4.69, 9.17) is 5.73 Å². The third-order valence-electron chi connectivity index (χ3n) is 2.51. The second-order valence-electron chi connectivity index (χ2n) is 3.47. The Kier molecular flexibility index (Phi) is 3.03. The van der Waals surface area contributed by atoms with Gasteiger partial charge in [-0.05, 0) is 36.8 Å². The van der Waals surface area contributed by atoms with Gasteiger partial charge in [0.2, 0.25) is 0 Å². The first-order valence-electron chi connectivity index (χ1n) is 4.94. The van der Waals surface area contributed by atoms with Gasteiger partial charge in [-0.1, -0.05) is 0 Å². The lowest BCUT2D eigenvalue weighted by molar-refractivity contribution is 0.829. The zero-order valence-corrected chi connectivity index (χ0v) is 9.23. The van der Waals surface area contributed by atoms with E-state index in [2.05, 4.69) is 16.9 Å². The Morgan fingerprint density at radius 3 is 2.86 bits per heavy atom. The summed E-state index contributed by atoms with van der Waals surface area (Å²) in [5.41, 5.74) is 9.26. The van der Waals surface area contributed by atoms with Crippen molar-refractivity contribution in [2.75, 3.05) is 11.5 Å². The highest BCUT2D eigenvalue weighted by molar-refractivity contribution is 7.99. The largest absolute Gasteiger partial charge is 0.324 e. The number of thioether (sulfide) groups is 1. The number of hydrogen-bond acceptors (Lipinski definition) is 4. The molecule has 14 heavy (non-hydrogen) atoms. The molecular weight excluding hydrogens is 194 g/mol. The Balaban J connectivity index is 2.43. The van der Waals surface area contributed by atoms with E-state index in [1.165, 1.54) is 22.8 Å². The van der Waals surface area contributed by atoms with Crippen molar-refractivity contribution in [3.05, 3.63) is 22.8 Å². The standard InChI is InChI=1S/C10H15N3S/c1-7-8-2-4-14-5-3-9(8)13-10(6-11)12-7/h2-6,11H2,1H3. The van der Waals surface area contributed by atoms with Crippen LogP contribution in [0.2, 0.25) is 0 Å². The predicted octanol–water partition coefficient (Wildman–Crippen LogP) is 1.08. The average molecular weight is 209 g/mol. The van der Waals surface area contributed by atoms with E-state index in [-0.39, 0.29) is 0 Å². The van der Waals surface area contributed by atoms with Crippen LogP contribution in [0.25, 0.3) is 0 Å². The maximum atomic E-state index is 5.56. The van der Waals surface area contributed by atoms with Crippen molar-refractivity contribution < 1.29 is 0 Å². The smallest absolute Gasteiger partial charge is 0.142 e. The SMILES string of the molecule is Cc1nc(CN)nc2c1CCSCC2. The molecule has 0 spiro atoms. The molecule has 4 heteroatoms. The third kappa shape index (κ3) is 1.91. The quantitative estimate of drug-likeness (QED) is 0.752. The van der Waals surface area contributed by atoms with Crippen molar-refractivity contribution in [2.45, 2.75) is 26.3 Å². The van der Waals surface area contributed by atoms with E-state index in [1.54, 1.807) is 0 Å². The lowest BCUT2D eigenvalue weighted by Gasteiger charge is -2.09. The molecule has 0 bridgehead atoms. The molecule has 76 valence electrons. The summed E-state index contributed by atoms with van der Waals surface area (Å²) in [6.45, 7) is 2.51. The predicted molar refractivity (Wildman–Crippen MR) is 59.4 cm³/mol. The maximum Gasteiger partial charge on any atom is 0.142 e. The fourth-order valence-corrected chi connectivity index (χ4v) is 2.68. The number of nitrogens with zero attached hydrogens (tertiary/aromatic N) is 2. The fraction of sp³-hybridized carbons (Fsp3) is 0.600. The number of nitrogens with two attached hydrogens (primary N) is 1. The summed E-state index contributed by atoms with van der Waals surface area (Å²) in [6.07, 6.45) is 2.17. The van der Waals surface area contributed by atoms with Crippen LogP contribution in [-0.2, 0) is 19.4 Å². The van der Waals surface area contributed by atoms with Crippen molar-refractivity contribution in [3.63, 3.8) is 0 Å². The van der Waals surface area contributed by atoms with E-state index in [0.29, 0.717) is 6.54 Å². The molecular formula is C10H15N3S. The third-order valence-corrected chi connectivity index (χ3v) is 3.49. The molecule has 0 atom stereocenters. The minimum Gasteiger partial charge on any atom is -0.324 e. The topological polar surface area (TPSA) is 51.8 Å². The Hall–Kier alpha value is -0.610. The van der Waals surface area contributed by atoms with Crippen LogP contribution in [0, 0.1) is 6.92 Å². The molecule has 0 saturated carbocycles. The summed E-state index contributed by atoms with van der Waals surface area (Å²) in [5, 5.41) is 0. The monoisotopic (exact) mass is 209 g/mol. The van der Waals surface area contributed by atoms with Gasteiger partial charge in [0.05, 0.1) is 6.54 Å². The molecule has 0 radical (unpaired) electrons. The molecule has 0 amide bonds. The van der Waals surface area contributed by atoms with E-state index in [9.17, 15) is 0 Å². The Morgan fingerprint density at radius 1 is 1.29 bits per heavy atom. The highest BCUT2D eigenvalue weighted by Crippen LogP contribution is 2.20. The van der Waals surface area contributed by atoms with Crippen molar-refractivity contribution in [1.82, 2.24) is 9.97 Å². The van der Waals surface area contributed by atoms with Gasteiger partial charge in [-0.2, -0.15) is 11.8 Å². The van der Waals surface area contributed by atoms with E-state index in [1.807, 2.05) is 11.8 Å². The molecule has 2 N–H and O–H groups in total. The van der Waals surface area contributed by atoms with Gasteiger partial charge in [0.1, 0.15) is 5.82 Å². The lowest BCUT2D eigenvalue weighted by Crippen LogP contribution is -2.10. The van der Waals surface area contributed by atoms with Gasteiger partial charge in [-0.3, -0.25) is 0 Å². The van der Waals surface area contributed by atoms with Crippen LogP contribution in [0.3, 0.4) is 0 Å². The van der Waals surface area contributed by atoms with E-state index in [0.717, 1.165) is 24.4 Å². The first-order valence-corrected chi connectivity index (χ1v) is 6.10. The van der Waals surface area contributed by atoms with Crippen molar-refractivity contribution in [2.24, 2.45) is 5.73 Å². The second kappa shape index (κ2) is 4.28. The lowest BCUT2D eigenvalue weighted by atomic mass is 10.1. The Morgan fingerprint density at radius 2 is 2.07 bits per heavy atom. The van der Waals surface area contributed by atoms with Gasteiger partial charge < -0.3 is 5.73 Å². The van der Waals surface area contributed by atoms with Crippen molar-refractivity contribution in [1.29, 1.82) is 0 Å². The zero-order chi connectivity index (χ0) is 9.97. The first-order chi connectivity index (χ1) is 6.81. The maximum absolute atomic E-state index is 5.56. The van der Waals surface area contributed by atoms with Gasteiger partial charge in [0.15, 0.2) is 0 Å². The first kappa shape index (κ1) is 9.93. The molecule has 0 unspecified atom stereocenters. The number of aromatic nitrogens is 2. The summed E-state index contributed by atoms with van der Waals surface area (Å²) in [6, 6.07) is 0. The summed E-state index contributed by atoms with van der Waals surface area (Å²) in [4.78, 5) is 8.90. The van der Waals surface area contributed by atoms with Crippen LogP contribution in [0.15, 0.2) is 0 Å². The van der Waals surface area contributed by atoms with Crippen molar-refractivity contribution in [3.8, 4) is 0 Å². The Labute approximate surface area is 88.5 Å². The van der Waals surface area contributed by atoms with Crippen LogP contribution in [0.1, 0.15) is 22.8 Å². The minimum absolute atomic E-state index is 0.446. The van der Waals surface area contributed by atoms with Gasteiger partial charge in [0.25, 0.3) is 0 Å². The molecule has 2 heterocycles. The zero-order valence-electron chi connectivity index (χ0n) is 8.42. The van der Waals surface area contributed by atoms with Crippen LogP contribution < -0.4 is 5.73 Å². The number of aryl methyl sites for hydroxylation is 2. The highest BCUT2D eigenvalue weighted by Gasteiger charge is 2.13. The molecule has 1 aromatic rings. The molecule has 1 aromatic heterocycles. The Bertz CT molecular complexity index is 338. The van der Waals surface area contributed by atoms with Crippen LogP contribution >= 0.6 is 11.8 Å². The van der Waals surface area contributed by atoms with Gasteiger partial charge in [-0.15, -0.1) is 0 Å². The van der Waals surface area contributed by atoms with Gasteiger partial charge >= 0.3 is 0 Å². The molecule has 1 aliphatic heterocycles. The molecule has 3 nitrogen and oxygen atoms in total. The second-order valence-corrected chi connectivity index (χ2v) is 4.69. The van der Waals surface area contributed by atoms with Crippen LogP contribution in [-0.4, -0.2) is 21.5 Å². The molecule has 2 rings (SSSR count). The average Bonchev–Trinajstić information content (AvgIpc) is 2.42. The molecule has 0 aliphatic carbocycles. The molecule has 0 saturated heterocycles. The summed E-state index contributed by atoms with van der Waals surface area (Å²) >= 11 is 2.00. The molecule has 1 aliphatic rings. The summed E-state index contributed by atoms with van der Waals surface area (Å²) in [5.74, 6) is 3.15. The van der Waals surface area contributed by atoms with E-state index >= 15 is 0 Å². The number of fused-ring (bicyclic) bond motifs is 1. The van der Waals surface area contributed by atoms with E-state index < -0.39 is 0 Å². The van der Waals surface area contributed by atoms with Gasteiger partial charge in [-0.25, -0.2) is 9.97 Å². The summed E-state index contributed by atoms with van der Waals surface area (Å²) < 4.78 is 0. The molecule has 0 fully saturated rings.